The molecule has 1 unspecified atom stereocenters. The lowest BCUT2D eigenvalue weighted by molar-refractivity contribution is -0.120. The molecular formula is C20H21Cl2N3O3. The van der Waals surface area contributed by atoms with Gasteiger partial charge in [-0.15, -0.1) is 0 Å². The quantitative estimate of drug-likeness (QED) is 0.699. The minimum absolute atomic E-state index is 0.132. The third kappa shape index (κ3) is 4.51. The lowest BCUT2D eigenvalue weighted by Gasteiger charge is -2.21. The molecule has 1 fully saturated rings. The van der Waals surface area contributed by atoms with Gasteiger partial charge in [-0.1, -0.05) is 29.3 Å². The Morgan fingerprint density at radius 2 is 1.89 bits per heavy atom. The highest BCUT2D eigenvalue weighted by Gasteiger charge is 2.30. The molecule has 1 aliphatic heterocycles. The number of methoxy groups -OCH3 is 2. The first-order valence-corrected chi connectivity index (χ1v) is 9.56. The fraction of sp³-hybridized carbons (Fsp3) is 0.300. The number of ether oxygens (including phenoxy) is 2. The van der Waals surface area contributed by atoms with Gasteiger partial charge in [0.05, 0.1) is 30.5 Å². The van der Waals surface area contributed by atoms with E-state index in [4.69, 9.17) is 32.7 Å². The summed E-state index contributed by atoms with van der Waals surface area (Å²) in [5, 5.41) is 10.2. The molecule has 1 saturated heterocycles. The molecule has 6 nitrogen and oxygen atoms in total. The molecule has 1 amide bonds. The summed E-state index contributed by atoms with van der Waals surface area (Å²) in [6, 6.07) is 10.1. The van der Waals surface area contributed by atoms with Crippen LogP contribution in [0.15, 0.2) is 41.5 Å². The number of nitrogens with one attached hydrogen (secondary N) is 1. The molecule has 28 heavy (non-hydrogen) atoms. The molecule has 1 N–H and O–H groups in total. The lowest BCUT2D eigenvalue weighted by atomic mass is 10.2. The largest absolute Gasteiger partial charge is 0.493 e. The van der Waals surface area contributed by atoms with E-state index in [1.165, 1.54) is 0 Å². The Kier molecular flexibility index (Phi) is 6.65. The van der Waals surface area contributed by atoms with Gasteiger partial charge in [-0.2, -0.15) is 5.10 Å². The van der Waals surface area contributed by atoms with E-state index in [-0.39, 0.29) is 11.9 Å². The summed E-state index contributed by atoms with van der Waals surface area (Å²) >= 11 is 12.4. The van der Waals surface area contributed by atoms with E-state index in [9.17, 15) is 4.79 Å². The maximum absolute atomic E-state index is 12.8. The van der Waals surface area contributed by atoms with Crippen LogP contribution in [0.2, 0.25) is 10.0 Å². The van der Waals surface area contributed by atoms with E-state index in [1.807, 2.05) is 0 Å². The van der Waals surface area contributed by atoms with Gasteiger partial charge in [-0.05, 0) is 37.1 Å². The molecule has 2 aromatic rings. The zero-order valence-electron chi connectivity index (χ0n) is 15.6. The second kappa shape index (κ2) is 9.17. The number of benzene rings is 2. The molecule has 148 valence electrons. The van der Waals surface area contributed by atoms with Crippen molar-refractivity contribution < 1.29 is 14.3 Å². The lowest BCUT2D eigenvalue weighted by Crippen LogP contribution is -2.36. The number of carbonyl (C=O) groups is 1. The summed E-state index contributed by atoms with van der Waals surface area (Å²) < 4.78 is 10.5. The minimum Gasteiger partial charge on any atom is -0.493 e. The molecule has 0 spiro atoms. The molecule has 0 aliphatic carbocycles. The topological polar surface area (TPSA) is 63.2 Å². The zero-order valence-corrected chi connectivity index (χ0v) is 17.1. The van der Waals surface area contributed by atoms with Crippen molar-refractivity contribution in [2.24, 2.45) is 5.10 Å². The fourth-order valence-electron chi connectivity index (χ4n) is 3.06. The van der Waals surface area contributed by atoms with Gasteiger partial charge >= 0.3 is 0 Å². The van der Waals surface area contributed by atoms with E-state index in [0.717, 1.165) is 6.42 Å². The summed E-state index contributed by atoms with van der Waals surface area (Å²) in [7, 11) is 3.12. The van der Waals surface area contributed by atoms with Crippen LogP contribution in [0, 0.1) is 0 Å². The predicted octanol–water partition coefficient (Wildman–Crippen LogP) is 4.45. The van der Waals surface area contributed by atoms with Crippen molar-refractivity contribution in [2.75, 3.05) is 26.1 Å². The molecule has 3 rings (SSSR count). The van der Waals surface area contributed by atoms with Crippen LogP contribution in [0.1, 0.15) is 18.4 Å². The molecule has 0 bridgehead atoms. The number of carbonyl (C=O) groups excluding carboxylic acids is 1. The van der Waals surface area contributed by atoms with Gasteiger partial charge < -0.3 is 14.8 Å². The van der Waals surface area contributed by atoms with Crippen molar-refractivity contribution in [3.63, 3.8) is 0 Å². The molecule has 2 aromatic carbocycles. The van der Waals surface area contributed by atoms with E-state index in [0.29, 0.717) is 45.8 Å². The number of amides is 1. The molecule has 0 saturated carbocycles. The Bertz CT molecular complexity index is 869. The van der Waals surface area contributed by atoms with Gasteiger partial charge in [0.1, 0.15) is 6.04 Å². The molecule has 0 radical (unpaired) electrons. The number of halogens is 2. The van der Waals surface area contributed by atoms with Gasteiger partial charge in [0, 0.05) is 23.9 Å². The Morgan fingerprint density at radius 1 is 1.18 bits per heavy atom. The number of hydrogen-bond acceptors (Lipinski definition) is 5. The van der Waals surface area contributed by atoms with Crippen molar-refractivity contribution in [2.45, 2.75) is 18.9 Å². The third-order valence-corrected chi connectivity index (χ3v) is 5.17. The normalized spacial score (nSPS) is 16.4. The van der Waals surface area contributed by atoms with Crippen molar-refractivity contribution >= 4 is 41.0 Å². The molecule has 1 heterocycles. The van der Waals surface area contributed by atoms with Crippen LogP contribution in [0.4, 0.5) is 5.69 Å². The van der Waals surface area contributed by atoms with E-state index >= 15 is 0 Å². The second-order valence-corrected chi connectivity index (χ2v) is 7.07. The van der Waals surface area contributed by atoms with E-state index in [1.54, 1.807) is 61.8 Å². The molecule has 8 heteroatoms. The first-order chi connectivity index (χ1) is 13.5. The van der Waals surface area contributed by atoms with Crippen LogP contribution >= 0.6 is 23.2 Å². The van der Waals surface area contributed by atoms with Gasteiger partial charge in [0.2, 0.25) is 5.91 Å². The number of rotatable bonds is 6. The monoisotopic (exact) mass is 421 g/mol. The van der Waals surface area contributed by atoms with Crippen molar-refractivity contribution in [3.8, 4) is 11.5 Å². The second-order valence-electron chi connectivity index (χ2n) is 6.26. The highest BCUT2D eigenvalue weighted by Crippen LogP contribution is 2.30. The highest BCUT2D eigenvalue weighted by molar-refractivity contribution is 6.38. The summed E-state index contributed by atoms with van der Waals surface area (Å²) in [4.78, 5) is 12.8. The van der Waals surface area contributed by atoms with Gasteiger partial charge in [-0.25, -0.2) is 0 Å². The summed E-state index contributed by atoms with van der Waals surface area (Å²) in [6.45, 7) is 0.683. The van der Waals surface area contributed by atoms with Crippen LogP contribution in [-0.4, -0.2) is 43.9 Å². The Hall–Kier alpha value is -2.44. The summed E-state index contributed by atoms with van der Waals surface area (Å²) in [6.07, 6.45) is 3.19. The van der Waals surface area contributed by atoms with Gasteiger partial charge in [0.25, 0.3) is 0 Å². The van der Waals surface area contributed by atoms with Crippen LogP contribution in [0.3, 0.4) is 0 Å². The molecule has 1 aliphatic rings. The zero-order chi connectivity index (χ0) is 20.1. The van der Waals surface area contributed by atoms with E-state index < -0.39 is 0 Å². The third-order valence-electron chi connectivity index (χ3n) is 4.51. The summed E-state index contributed by atoms with van der Waals surface area (Å²) in [5.74, 6) is 1.02. The first-order valence-electron chi connectivity index (χ1n) is 8.81. The van der Waals surface area contributed by atoms with Crippen LogP contribution < -0.4 is 14.8 Å². The minimum atomic E-state index is -0.370. The maximum Gasteiger partial charge on any atom is 0.248 e. The highest BCUT2D eigenvalue weighted by atomic mass is 35.5. The molecular weight excluding hydrogens is 401 g/mol. The van der Waals surface area contributed by atoms with Gasteiger partial charge in [-0.3, -0.25) is 9.80 Å². The van der Waals surface area contributed by atoms with E-state index in [2.05, 4.69) is 10.4 Å². The van der Waals surface area contributed by atoms with Crippen molar-refractivity contribution in [1.82, 2.24) is 5.01 Å². The summed E-state index contributed by atoms with van der Waals surface area (Å²) in [5.41, 5.74) is 1.27. The van der Waals surface area contributed by atoms with Gasteiger partial charge in [0.15, 0.2) is 11.5 Å². The smallest absolute Gasteiger partial charge is 0.248 e. The number of hydrazone groups is 1. The standard InChI is InChI=1S/C20H21Cl2N3O3/c1-27-18-9-8-13(11-19(18)28-2)24-20(26)17-7-4-10-25(17)23-12-14-15(21)5-3-6-16(14)22/h3,5-6,8-9,11-12,17H,4,7,10H2,1-2H3,(H,24,26)/b23-12+. The Balaban J connectivity index is 1.72. The number of nitrogens with zero attached hydrogens (tertiary/aromatic N) is 2. The van der Waals surface area contributed by atoms with Crippen LogP contribution in [-0.2, 0) is 4.79 Å². The predicted molar refractivity (Wildman–Crippen MR) is 112 cm³/mol. The van der Waals surface area contributed by atoms with Crippen LogP contribution in [0.25, 0.3) is 0 Å². The Morgan fingerprint density at radius 3 is 2.57 bits per heavy atom. The molecule has 1 atom stereocenters. The Labute approximate surface area is 174 Å². The molecule has 0 aromatic heterocycles. The first kappa shape index (κ1) is 20.3. The van der Waals surface area contributed by atoms with Crippen molar-refractivity contribution in [1.29, 1.82) is 0 Å². The SMILES string of the molecule is COc1ccc(NC(=O)C2CCCN2/N=C/c2c(Cl)cccc2Cl)cc1OC. The average molecular weight is 422 g/mol. The number of anilines is 1. The van der Waals surface area contributed by atoms with Crippen LogP contribution in [0.5, 0.6) is 11.5 Å². The maximum atomic E-state index is 12.8. The average Bonchev–Trinajstić information content (AvgIpc) is 3.16. The van der Waals surface area contributed by atoms with Crippen molar-refractivity contribution in [3.05, 3.63) is 52.0 Å². The fourth-order valence-corrected chi connectivity index (χ4v) is 3.56. The number of hydrogen-bond donors (Lipinski definition) is 1.